The summed E-state index contributed by atoms with van der Waals surface area (Å²) < 4.78 is 28.0. The van der Waals surface area contributed by atoms with Gasteiger partial charge >= 0.3 is 6.03 Å². The molecule has 0 saturated carbocycles. The quantitative estimate of drug-likeness (QED) is 0.766. The lowest BCUT2D eigenvalue weighted by Gasteiger charge is -2.23. The molecule has 0 N–H and O–H groups in total. The summed E-state index contributed by atoms with van der Waals surface area (Å²) >= 11 is 0. The number of fused-ring (bicyclic) bond motifs is 1. The number of para-hydroxylation sites is 1. The molecule has 3 aliphatic heterocycles. The third-order valence-corrected chi connectivity index (χ3v) is 5.43. The third-order valence-electron chi connectivity index (χ3n) is 5.43. The summed E-state index contributed by atoms with van der Waals surface area (Å²) in [6, 6.07) is 2.23. The van der Waals surface area contributed by atoms with E-state index in [9.17, 15) is 23.2 Å². The number of nitrogens with zero attached hydrogens (tertiary/aromatic N) is 3. The fourth-order valence-electron chi connectivity index (χ4n) is 4.12. The van der Waals surface area contributed by atoms with Crippen molar-refractivity contribution in [1.29, 1.82) is 0 Å². The Kier molecular flexibility index (Phi) is 3.35. The summed E-state index contributed by atoms with van der Waals surface area (Å²) in [5.74, 6) is -2.53. The molecule has 25 heavy (non-hydrogen) atoms. The molecule has 0 bridgehead atoms. The molecule has 0 aromatic heterocycles. The van der Waals surface area contributed by atoms with Crippen LogP contribution in [0, 0.1) is 11.6 Å². The summed E-state index contributed by atoms with van der Waals surface area (Å²) in [6.07, 6.45) is 1.22. The lowest BCUT2D eigenvalue weighted by Crippen LogP contribution is -2.45. The molecule has 8 heteroatoms. The Hall–Kier alpha value is -2.51. The SMILES string of the molecule is CC12CCCN1C(=O)N(C1CC(=O)N(c3c(F)cccc3F)C1)C2=O. The van der Waals surface area contributed by atoms with Gasteiger partial charge in [0.1, 0.15) is 22.9 Å². The van der Waals surface area contributed by atoms with Gasteiger partial charge < -0.3 is 9.80 Å². The van der Waals surface area contributed by atoms with Gasteiger partial charge in [0.05, 0.1) is 6.04 Å². The minimum Gasteiger partial charge on any atom is -0.310 e. The van der Waals surface area contributed by atoms with Crippen LogP contribution < -0.4 is 4.90 Å². The van der Waals surface area contributed by atoms with Crippen LogP contribution >= 0.6 is 0 Å². The fraction of sp³-hybridized carbons (Fsp3) is 0.471. The summed E-state index contributed by atoms with van der Waals surface area (Å²) in [7, 11) is 0. The van der Waals surface area contributed by atoms with Crippen LogP contribution in [0.5, 0.6) is 0 Å². The number of urea groups is 1. The Morgan fingerprint density at radius 2 is 1.84 bits per heavy atom. The summed E-state index contributed by atoms with van der Waals surface area (Å²) in [5, 5.41) is 0. The highest BCUT2D eigenvalue weighted by Crippen LogP contribution is 2.40. The van der Waals surface area contributed by atoms with Gasteiger partial charge in [-0.2, -0.15) is 0 Å². The number of carbonyl (C=O) groups excluding carboxylic acids is 3. The minimum atomic E-state index is -0.864. The van der Waals surface area contributed by atoms with Crippen LogP contribution in [0.3, 0.4) is 0 Å². The van der Waals surface area contributed by atoms with Crippen molar-refractivity contribution in [3.05, 3.63) is 29.8 Å². The molecular weight excluding hydrogens is 332 g/mol. The van der Waals surface area contributed by atoms with Gasteiger partial charge in [-0.25, -0.2) is 13.6 Å². The zero-order valence-corrected chi connectivity index (χ0v) is 13.7. The number of amides is 4. The number of halogens is 2. The highest BCUT2D eigenvalue weighted by molar-refractivity contribution is 6.08. The lowest BCUT2D eigenvalue weighted by atomic mass is 9.99. The van der Waals surface area contributed by atoms with Gasteiger partial charge in [-0.1, -0.05) is 6.07 Å². The van der Waals surface area contributed by atoms with E-state index in [0.29, 0.717) is 13.0 Å². The van der Waals surface area contributed by atoms with Crippen LogP contribution in [-0.2, 0) is 9.59 Å². The van der Waals surface area contributed by atoms with Gasteiger partial charge in [-0.15, -0.1) is 0 Å². The monoisotopic (exact) mass is 349 g/mol. The van der Waals surface area contributed by atoms with Crippen LogP contribution in [0.2, 0.25) is 0 Å². The van der Waals surface area contributed by atoms with Crippen molar-refractivity contribution in [3.63, 3.8) is 0 Å². The molecule has 132 valence electrons. The van der Waals surface area contributed by atoms with Gasteiger partial charge in [-0.05, 0) is 31.9 Å². The number of anilines is 1. The molecule has 6 nitrogen and oxygen atoms in total. The van der Waals surface area contributed by atoms with Crippen molar-refractivity contribution < 1.29 is 23.2 Å². The highest BCUT2D eigenvalue weighted by Gasteiger charge is 2.59. The van der Waals surface area contributed by atoms with E-state index in [-0.39, 0.29) is 18.9 Å². The molecule has 0 spiro atoms. The predicted octanol–water partition coefficient (Wildman–Crippen LogP) is 1.89. The standard InChI is InChI=1S/C17H17F2N3O3/c1-17-6-3-7-21(17)16(25)22(15(17)24)10-8-13(23)20(9-10)14-11(18)4-2-5-12(14)19/h2,4-5,10H,3,6-9H2,1H3. The first kappa shape index (κ1) is 16.0. The van der Waals surface area contributed by atoms with Gasteiger partial charge in [0.15, 0.2) is 0 Å². The maximum Gasteiger partial charge on any atom is 0.328 e. The second-order valence-electron chi connectivity index (χ2n) is 6.92. The third kappa shape index (κ3) is 2.09. The average Bonchev–Trinajstić information content (AvgIpc) is 3.16. The first-order chi connectivity index (χ1) is 11.8. The Morgan fingerprint density at radius 1 is 1.16 bits per heavy atom. The molecule has 1 aromatic carbocycles. The van der Waals surface area contributed by atoms with Crippen LogP contribution in [0.15, 0.2) is 18.2 Å². The van der Waals surface area contributed by atoms with Crippen molar-refractivity contribution in [2.45, 2.75) is 37.8 Å². The van der Waals surface area contributed by atoms with Crippen molar-refractivity contribution in [2.24, 2.45) is 0 Å². The van der Waals surface area contributed by atoms with E-state index >= 15 is 0 Å². The van der Waals surface area contributed by atoms with Crippen LogP contribution in [-0.4, -0.2) is 52.3 Å². The van der Waals surface area contributed by atoms with Crippen LogP contribution in [0.25, 0.3) is 0 Å². The van der Waals surface area contributed by atoms with E-state index < -0.39 is 40.8 Å². The normalized spacial score (nSPS) is 29.2. The van der Waals surface area contributed by atoms with Crippen molar-refractivity contribution in [3.8, 4) is 0 Å². The first-order valence-electron chi connectivity index (χ1n) is 8.24. The molecule has 3 aliphatic rings. The van der Waals surface area contributed by atoms with E-state index in [4.69, 9.17) is 0 Å². The molecule has 2 atom stereocenters. The smallest absolute Gasteiger partial charge is 0.310 e. The summed E-state index contributed by atoms with van der Waals surface area (Å²) in [4.78, 5) is 41.3. The number of hydrogen-bond donors (Lipinski definition) is 0. The zero-order valence-electron chi connectivity index (χ0n) is 13.7. The van der Waals surface area contributed by atoms with E-state index in [0.717, 1.165) is 28.4 Å². The maximum absolute atomic E-state index is 14.0. The van der Waals surface area contributed by atoms with Crippen molar-refractivity contribution in [2.75, 3.05) is 18.0 Å². The zero-order chi connectivity index (χ0) is 17.9. The highest BCUT2D eigenvalue weighted by atomic mass is 19.1. The van der Waals surface area contributed by atoms with Crippen molar-refractivity contribution >= 4 is 23.5 Å². The van der Waals surface area contributed by atoms with Crippen LogP contribution in [0.4, 0.5) is 19.3 Å². The Bertz CT molecular complexity index is 779. The number of benzene rings is 1. The summed E-state index contributed by atoms with van der Waals surface area (Å²) in [6.45, 7) is 2.13. The number of rotatable bonds is 2. The molecule has 3 saturated heterocycles. The molecule has 1 aromatic rings. The van der Waals surface area contributed by atoms with E-state index in [1.807, 2.05) is 0 Å². The van der Waals surface area contributed by atoms with E-state index in [1.54, 1.807) is 6.92 Å². The van der Waals surface area contributed by atoms with E-state index in [1.165, 1.54) is 11.0 Å². The first-order valence-corrected chi connectivity index (χ1v) is 8.24. The molecule has 2 unspecified atom stereocenters. The second-order valence-corrected chi connectivity index (χ2v) is 6.92. The number of carbonyl (C=O) groups is 3. The Balaban J connectivity index is 1.63. The molecule has 3 heterocycles. The largest absolute Gasteiger partial charge is 0.328 e. The van der Waals surface area contributed by atoms with E-state index in [2.05, 4.69) is 0 Å². The van der Waals surface area contributed by atoms with Gasteiger partial charge in [-0.3, -0.25) is 14.5 Å². The maximum atomic E-state index is 14.0. The summed E-state index contributed by atoms with van der Waals surface area (Å²) in [5.41, 5.74) is -1.29. The molecule has 0 aliphatic carbocycles. The average molecular weight is 349 g/mol. The minimum absolute atomic E-state index is 0.0991. The predicted molar refractivity (Wildman–Crippen MR) is 83.7 cm³/mol. The van der Waals surface area contributed by atoms with Gasteiger partial charge in [0.25, 0.3) is 5.91 Å². The van der Waals surface area contributed by atoms with Gasteiger partial charge in [0, 0.05) is 19.5 Å². The molecule has 4 amide bonds. The Morgan fingerprint density at radius 3 is 2.48 bits per heavy atom. The lowest BCUT2D eigenvalue weighted by molar-refractivity contribution is -0.133. The molecule has 3 fully saturated rings. The second kappa shape index (κ2) is 5.24. The Labute approximate surface area is 143 Å². The number of imide groups is 1. The van der Waals surface area contributed by atoms with Crippen molar-refractivity contribution in [1.82, 2.24) is 9.80 Å². The van der Waals surface area contributed by atoms with Crippen LogP contribution in [0.1, 0.15) is 26.2 Å². The fourth-order valence-corrected chi connectivity index (χ4v) is 4.12. The molecular formula is C17H17F2N3O3. The van der Waals surface area contributed by atoms with Gasteiger partial charge in [0.2, 0.25) is 5.91 Å². The number of hydrogen-bond acceptors (Lipinski definition) is 3. The molecule has 4 rings (SSSR count). The topological polar surface area (TPSA) is 60.9 Å². The molecule has 0 radical (unpaired) electrons.